The molecule has 0 radical (unpaired) electrons. The third-order valence-electron chi connectivity index (χ3n) is 4.94. The van der Waals surface area contributed by atoms with E-state index in [1.54, 1.807) is 60.0 Å². The van der Waals surface area contributed by atoms with Crippen LogP contribution >= 0.6 is 50.5 Å². The van der Waals surface area contributed by atoms with Crippen LogP contribution < -0.4 is 5.63 Å². The van der Waals surface area contributed by atoms with Gasteiger partial charge in [0.1, 0.15) is 28.2 Å². The van der Waals surface area contributed by atoms with E-state index < -0.39 is 5.63 Å². The standard InChI is InChI=1S/C25H11BrCl2N2O3S/c26-16-2-5-23-14(7-16)9-18(25(31)33-23)21-12-34-24(30-21)15(11-29)8-17-3-6-22(32-17)13-1-4-19(27)20(28)10-13/h1-10,12H. The van der Waals surface area contributed by atoms with Crippen LogP contribution in [0.2, 0.25) is 10.0 Å². The fourth-order valence-electron chi connectivity index (χ4n) is 3.31. The Morgan fingerprint density at radius 1 is 1.06 bits per heavy atom. The molecule has 166 valence electrons. The van der Waals surface area contributed by atoms with Crippen molar-refractivity contribution in [1.29, 1.82) is 5.26 Å². The lowest BCUT2D eigenvalue weighted by molar-refractivity contribution is 0.563. The molecule has 0 spiro atoms. The minimum Gasteiger partial charge on any atom is -0.457 e. The maximum Gasteiger partial charge on any atom is 0.345 e. The molecule has 0 aliphatic heterocycles. The van der Waals surface area contributed by atoms with Crippen molar-refractivity contribution >= 4 is 73.1 Å². The number of nitriles is 1. The van der Waals surface area contributed by atoms with Crippen LogP contribution in [0.3, 0.4) is 0 Å². The maximum atomic E-state index is 12.5. The highest BCUT2D eigenvalue weighted by Crippen LogP contribution is 2.32. The average Bonchev–Trinajstić information content (AvgIpc) is 3.49. The van der Waals surface area contributed by atoms with Crippen LogP contribution in [0.4, 0.5) is 0 Å². The molecular weight excluding hydrogens is 559 g/mol. The van der Waals surface area contributed by atoms with Crippen LogP contribution in [0.1, 0.15) is 10.8 Å². The fourth-order valence-corrected chi connectivity index (χ4v) is 4.78. The topological polar surface area (TPSA) is 80.0 Å². The molecule has 0 aliphatic carbocycles. The first kappa shape index (κ1) is 22.6. The summed E-state index contributed by atoms with van der Waals surface area (Å²) in [7, 11) is 0. The molecule has 0 N–H and O–H groups in total. The summed E-state index contributed by atoms with van der Waals surface area (Å²) in [6.07, 6.45) is 1.60. The van der Waals surface area contributed by atoms with Gasteiger partial charge in [0, 0.05) is 26.9 Å². The molecule has 0 saturated heterocycles. The largest absolute Gasteiger partial charge is 0.457 e. The van der Waals surface area contributed by atoms with Crippen LogP contribution in [-0.4, -0.2) is 4.98 Å². The van der Waals surface area contributed by atoms with Gasteiger partial charge in [-0.2, -0.15) is 5.26 Å². The van der Waals surface area contributed by atoms with Gasteiger partial charge in [0.2, 0.25) is 0 Å². The number of rotatable bonds is 4. The number of halogens is 3. The van der Waals surface area contributed by atoms with E-state index in [2.05, 4.69) is 27.0 Å². The highest BCUT2D eigenvalue weighted by Gasteiger charge is 2.15. The number of thiazole rings is 1. The third-order valence-corrected chi connectivity index (χ3v) is 7.05. The molecule has 0 aliphatic rings. The van der Waals surface area contributed by atoms with Crippen molar-refractivity contribution in [3.05, 3.63) is 95.7 Å². The van der Waals surface area contributed by atoms with Crippen LogP contribution in [0, 0.1) is 11.3 Å². The molecule has 9 heteroatoms. The molecule has 5 nitrogen and oxygen atoms in total. The Labute approximate surface area is 215 Å². The molecule has 5 aromatic rings. The summed E-state index contributed by atoms with van der Waals surface area (Å²) in [6.45, 7) is 0. The van der Waals surface area contributed by atoms with Crippen molar-refractivity contribution in [3.63, 3.8) is 0 Å². The molecule has 0 saturated carbocycles. The summed E-state index contributed by atoms with van der Waals surface area (Å²) < 4.78 is 12.2. The molecule has 0 atom stereocenters. The van der Waals surface area contributed by atoms with E-state index in [1.165, 1.54) is 11.3 Å². The molecule has 0 fully saturated rings. The van der Waals surface area contributed by atoms with Gasteiger partial charge in [-0.3, -0.25) is 0 Å². The zero-order valence-corrected chi connectivity index (χ0v) is 20.9. The number of allylic oxidation sites excluding steroid dienone is 1. The van der Waals surface area contributed by atoms with Crippen LogP contribution in [0.5, 0.6) is 0 Å². The maximum absolute atomic E-state index is 12.5. The summed E-state index contributed by atoms with van der Waals surface area (Å²) in [5.74, 6) is 1.06. The van der Waals surface area contributed by atoms with Gasteiger partial charge in [0.25, 0.3) is 0 Å². The third kappa shape index (κ3) is 4.46. The van der Waals surface area contributed by atoms with Crippen LogP contribution in [-0.2, 0) is 0 Å². The molecule has 5 rings (SSSR count). The average molecular weight is 570 g/mol. The Morgan fingerprint density at radius 3 is 2.71 bits per heavy atom. The van der Waals surface area contributed by atoms with Crippen molar-refractivity contribution in [2.24, 2.45) is 0 Å². The second kappa shape index (κ2) is 9.24. The number of fused-ring (bicyclic) bond motifs is 1. The predicted octanol–water partition coefficient (Wildman–Crippen LogP) is 8.31. The van der Waals surface area contributed by atoms with Gasteiger partial charge in [-0.1, -0.05) is 39.1 Å². The molecule has 0 unspecified atom stereocenters. The Bertz CT molecular complexity index is 1690. The van der Waals surface area contributed by atoms with Gasteiger partial charge in [-0.05, 0) is 54.6 Å². The Kier molecular flexibility index (Phi) is 6.15. The number of hydrogen-bond acceptors (Lipinski definition) is 6. The Hall–Kier alpha value is -3.15. The molecule has 2 aromatic carbocycles. The van der Waals surface area contributed by atoms with Crippen molar-refractivity contribution in [1.82, 2.24) is 4.98 Å². The molecule has 0 bridgehead atoms. The van der Waals surface area contributed by atoms with E-state index in [4.69, 9.17) is 32.0 Å². The van der Waals surface area contributed by atoms with E-state index in [-0.39, 0.29) is 0 Å². The monoisotopic (exact) mass is 568 g/mol. The first-order valence-electron chi connectivity index (χ1n) is 9.78. The van der Waals surface area contributed by atoms with E-state index in [0.717, 1.165) is 15.4 Å². The van der Waals surface area contributed by atoms with Crippen molar-refractivity contribution < 1.29 is 8.83 Å². The van der Waals surface area contributed by atoms with Gasteiger partial charge in [-0.15, -0.1) is 11.3 Å². The van der Waals surface area contributed by atoms with Crippen LogP contribution in [0.25, 0.3) is 45.2 Å². The lowest BCUT2D eigenvalue weighted by Gasteiger charge is -2.00. The van der Waals surface area contributed by atoms with Crippen molar-refractivity contribution in [3.8, 4) is 28.7 Å². The summed E-state index contributed by atoms with van der Waals surface area (Å²) in [4.78, 5) is 17.0. The minimum atomic E-state index is -0.494. The fraction of sp³-hybridized carbons (Fsp3) is 0. The van der Waals surface area contributed by atoms with Gasteiger partial charge in [-0.25, -0.2) is 9.78 Å². The lowest BCUT2D eigenvalue weighted by atomic mass is 10.1. The molecule has 34 heavy (non-hydrogen) atoms. The van der Waals surface area contributed by atoms with Crippen molar-refractivity contribution in [2.45, 2.75) is 0 Å². The zero-order valence-electron chi connectivity index (χ0n) is 17.0. The second-order valence-electron chi connectivity index (χ2n) is 7.17. The number of aromatic nitrogens is 1. The van der Waals surface area contributed by atoms with Crippen molar-refractivity contribution in [2.75, 3.05) is 0 Å². The van der Waals surface area contributed by atoms with Gasteiger partial charge >= 0.3 is 5.63 Å². The summed E-state index contributed by atoms with van der Waals surface area (Å²) in [6, 6.07) is 18.0. The van der Waals surface area contributed by atoms with Gasteiger partial charge in [0.05, 0.1) is 26.9 Å². The van der Waals surface area contributed by atoms with E-state index >= 15 is 0 Å². The normalized spacial score (nSPS) is 11.6. The molecule has 3 heterocycles. The van der Waals surface area contributed by atoms with E-state index in [1.807, 2.05) is 6.07 Å². The predicted molar refractivity (Wildman–Crippen MR) is 139 cm³/mol. The second-order valence-corrected chi connectivity index (χ2v) is 9.76. The number of nitrogens with zero attached hydrogens (tertiary/aromatic N) is 2. The summed E-state index contributed by atoms with van der Waals surface area (Å²) in [5, 5.41) is 13.5. The minimum absolute atomic E-state index is 0.305. The summed E-state index contributed by atoms with van der Waals surface area (Å²) in [5.41, 5.74) is 1.82. The smallest absolute Gasteiger partial charge is 0.345 e. The SMILES string of the molecule is N#CC(=Cc1ccc(-c2ccc(Cl)c(Cl)c2)o1)c1nc(-c2cc3cc(Br)ccc3oc2=O)cs1. The molecule has 0 amide bonds. The summed E-state index contributed by atoms with van der Waals surface area (Å²) >= 11 is 16.7. The Morgan fingerprint density at radius 2 is 1.91 bits per heavy atom. The highest BCUT2D eigenvalue weighted by atomic mass is 79.9. The number of furan rings is 1. The van der Waals surface area contributed by atoms with E-state index in [0.29, 0.717) is 49.0 Å². The first-order valence-corrected chi connectivity index (χ1v) is 12.2. The zero-order chi connectivity index (χ0) is 23.8. The number of hydrogen-bond donors (Lipinski definition) is 0. The molecular formula is C25H11BrCl2N2O3S. The number of benzene rings is 2. The van der Waals surface area contributed by atoms with Crippen LogP contribution in [0.15, 0.2) is 78.1 Å². The first-order chi connectivity index (χ1) is 16.4. The van der Waals surface area contributed by atoms with Gasteiger partial charge in [0.15, 0.2) is 0 Å². The van der Waals surface area contributed by atoms with Gasteiger partial charge < -0.3 is 8.83 Å². The van der Waals surface area contributed by atoms with E-state index in [9.17, 15) is 10.1 Å². The molecule has 3 aromatic heterocycles. The lowest BCUT2D eigenvalue weighted by Crippen LogP contribution is -2.02. The highest BCUT2D eigenvalue weighted by molar-refractivity contribution is 9.10. The quantitative estimate of drug-likeness (QED) is 0.160. The Balaban J connectivity index is 1.48.